The quantitative estimate of drug-likeness (QED) is 0.217. The molecule has 0 saturated heterocycles. The highest BCUT2D eigenvalue weighted by Crippen LogP contribution is 2.41. The van der Waals surface area contributed by atoms with Crippen LogP contribution in [0.25, 0.3) is 22.3 Å². The number of hydrogen-bond donors (Lipinski definition) is 3. The SMILES string of the molecule is Cc1cc(Cl)cc(-c2c(/C(N)=N/O)cc(C(F)(F)F)cc2-c2ccc(O)cc2)c1. The highest BCUT2D eigenvalue weighted by atomic mass is 35.5. The number of phenolic OH excluding ortho intramolecular Hbond substituents is 1. The van der Waals surface area contributed by atoms with E-state index in [1.54, 1.807) is 25.1 Å². The van der Waals surface area contributed by atoms with E-state index >= 15 is 0 Å². The third-order valence-electron chi connectivity index (χ3n) is 4.36. The van der Waals surface area contributed by atoms with Gasteiger partial charge >= 0.3 is 6.18 Å². The molecule has 0 saturated carbocycles. The lowest BCUT2D eigenvalue weighted by molar-refractivity contribution is -0.137. The first-order valence-electron chi connectivity index (χ1n) is 8.40. The maximum Gasteiger partial charge on any atom is 0.416 e. The van der Waals surface area contributed by atoms with Crippen LogP contribution in [0.5, 0.6) is 5.75 Å². The molecule has 4 N–H and O–H groups in total. The summed E-state index contributed by atoms with van der Waals surface area (Å²) in [4.78, 5) is 0. The minimum absolute atomic E-state index is 0.0301. The van der Waals surface area contributed by atoms with E-state index in [1.807, 2.05) is 0 Å². The Hall–Kier alpha value is -3.19. The molecule has 0 aliphatic heterocycles. The number of rotatable bonds is 3. The largest absolute Gasteiger partial charge is 0.508 e. The van der Waals surface area contributed by atoms with Crippen molar-refractivity contribution in [2.75, 3.05) is 0 Å². The van der Waals surface area contributed by atoms with Crippen LogP contribution in [0.3, 0.4) is 0 Å². The van der Waals surface area contributed by atoms with E-state index in [0.29, 0.717) is 21.7 Å². The Balaban J connectivity index is 2.46. The zero-order valence-corrected chi connectivity index (χ0v) is 15.9. The van der Waals surface area contributed by atoms with Gasteiger partial charge < -0.3 is 16.0 Å². The summed E-state index contributed by atoms with van der Waals surface area (Å²) in [6.07, 6.45) is -4.65. The lowest BCUT2D eigenvalue weighted by Crippen LogP contribution is -2.17. The summed E-state index contributed by atoms with van der Waals surface area (Å²) in [6.45, 7) is 1.79. The standard InChI is InChI=1S/C21H16ClF3N2O2/c1-11-6-13(8-15(22)7-11)19-17(12-2-4-16(28)5-3-12)9-14(21(23,24)25)10-18(19)20(26)27-29/h2-10,28-29H,1H3,(H2,26,27). The van der Waals surface area contributed by atoms with Gasteiger partial charge in [-0.05, 0) is 65.6 Å². The topological polar surface area (TPSA) is 78.8 Å². The molecule has 0 aliphatic carbocycles. The lowest BCUT2D eigenvalue weighted by Gasteiger charge is -2.19. The molecule has 3 rings (SSSR count). The Kier molecular flexibility index (Phi) is 5.44. The highest BCUT2D eigenvalue weighted by Gasteiger charge is 2.33. The summed E-state index contributed by atoms with van der Waals surface area (Å²) >= 11 is 6.16. The molecule has 0 heterocycles. The van der Waals surface area contributed by atoms with Crippen LogP contribution in [0.1, 0.15) is 16.7 Å². The van der Waals surface area contributed by atoms with Crippen molar-refractivity contribution < 1.29 is 23.5 Å². The van der Waals surface area contributed by atoms with Gasteiger partial charge in [0.1, 0.15) is 5.75 Å². The molecule has 0 aliphatic rings. The summed E-state index contributed by atoms with van der Waals surface area (Å²) in [5.41, 5.74) is 6.93. The fraction of sp³-hybridized carbons (Fsp3) is 0.0952. The molecule has 0 atom stereocenters. The molecular formula is C21H16ClF3N2O2. The van der Waals surface area contributed by atoms with E-state index in [4.69, 9.17) is 17.3 Å². The summed E-state index contributed by atoms with van der Waals surface area (Å²) in [7, 11) is 0. The molecule has 0 unspecified atom stereocenters. The number of oxime groups is 1. The molecule has 29 heavy (non-hydrogen) atoms. The van der Waals surface area contributed by atoms with Gasteiger partial charge in [0.05, 0.1) is 5.56 Å². The van der Waals surface area contributed by atoms with Crippen molar-refractivity contribution in [3.05, 3.63) is 76.3 Å². The predicted molar refractivity (Wildman–Crippen MR) is 106 cm³/mol. The predicted octanol–water partition coefficient (Wildman–Crippen LogP) is 5.80. The second kappa shape index (κ2) is 7.67. The van der Waals surface area contributed by atoms with Crippen molar-refractivity contribution in [1.29, 1.82) is 0 Å². The molecule has 0 spiro atoms. The van der Waals surface area contributed by atoms with E-state index in [1.165, 1.54) is 24.3 Å². The second-order valence-electron chi connectivity index (χ2n) is 6.49. The number of aryl methyl sites for hydroxylation is 1. The number of hydrogen-bond acceptors (Lipinski definition) is 3. The fourth-order valence-corrected chi connectivity index (χ4v) is 3.41. The number of phenols is 1. The summed E-state index contributed by atoms with van der Waals surface area (Å²) in [6, 6.07) is 12.6. The Bertz CT molecular complexity index is 1070. The van der Waals surface area contributed by atoms with Crippen molar-refractivity contribution >= 4 is 17.4 Å². The van der Waals surface area contributed by atoms with E-state index in [0.717, 1.165) is 17.7 Å². The Morgan fingerprint density at radius 2 is 1.66 bits per heavy atom. The van der Waals surface area contributed by atoms with Crippen LogP contribution in [0, 0.1) is 6.92 Å². The van der Waals surface area contributed by atoms with Crippen molar-refractivity contribution in [1.82, 2.24) is 0 Å². The Labute approximate surface area is 169 Å². The third kappa shape index (κ3) is 4.30. The van der Waals surface area contributed by atoms with E-state index in [-0.39, 0.29) is 16.9 Å². The number of nitrogens with two attached hydrogens (primary N) is 1. The third-order valence-corrected chi connectivity index (χ3v) is 4.58. The number of benzene rings is 3. The van der Waals surface area contributed by atoms with Crippen LogP contribution >= 0.6 is 11.6 Å². The molecule has 0 aromatic heterocycles. The van der Waals surface area contributed by atoms with E-state index in [9.17, 15) is 23.5 Å². The molecule has 150 valence electrons. The van der Waals surface area contributed by atoms with E-state index < -0.39 is 17.6 Å². The first-order valence-corrected chi connectivity index (χ1v) is 8.78. The second-order valence-corrected chi connectivity index (χ2v) is 6.93. The minimum Gasteiger partial charge on any atom is -0.508 e. The molecule has 4 nitrogen and oxygen atoms in total. The van der Waals surface area contributed by atoms with Gasteiger partial charge in [-0.25, -0.2) is 0 Å². The number of aromatic hydroxyl groups is 1. The van der Waals surface area contributed by atoms with Gasteiger partial charge in [0, 0.05) is 16.1 Å². The number of halogens is 4. The molecule has 0 amide bonds. The maximum atomic E-state index is 13.6. The number of alkyl halides is 3. The van der Waals surface area contributed by atoms with E-state index in [2.05, 4.69) is 5.16 Å². The molecule has 0 bridgehead atoms. The molecule has 8 heteroatoms. The van der Waals surface area contributed by atoms with Crippen molar-refractivity contribution in [2.45, 2.75) is 13.1 Å². The van der Waals surface area contributed by atoms with Gasteiger partial charge in [-0.2, -0.15) is 13.2 Å². The molecule has 0 radical (unpaired) electrons. The fourth-order valence-electron chi connectivity index (χ4n) is 3.12. The number of amidine groups is 1. The monoisotopic (exact) mass is 420 g/mol. The van der Waals surface area contributed by atoms with Crippen LogP contribution in [-0.4, -0.2) is 16.1 Å². The smallest absolute Gasteiger partial charge is 0.416 e. The van der Waals surface area contributed by atoms with Crippen molar-refractivity contribution in [3.8, 4) is 28.0 Å². The lowest BCUT2D eigenvalue weighted by atomic mass is 9.87. The van der Waals surface area contributed by atoms with Crippen LogP contribution < -0.4 is 5.73 Å². The average molecular weight is 421 g/mol. The summed E-state index contributed by atoms with van der Waals surface area (Å²) in [5.74, 6) is -0.499. The molecule has 3 aromatic rings. The average Bonchev–Trinajstić information content (AvgIpc) is 2.65. The zero-order chi connectivity index (χ0) is 21.3. The van der Waals surface area contributed by atoms with Crippen LogP contribution in [0.4, 0.5) is 13.2 Å². The molecular weight excluding hydrogens is 405 g/mol. The van der Waals surface area contributed by atoms with Gasteiger partial charge in [-0.1, -0.05) is 35.0 Å². The number of nitrogens with zero attached hydrogens (tertiary/aromatic N) is 1. The summed E-state index contributed by atoms with van der Waals surface area (Å²) in [5, 5.41) is 22.0. The highest BCUT2D eigenvalue weighted by molar-refractivity contribution is 6.31. The van der Waals surface area contributed by atoms with Gasteiger partial charge in [0.2, 0.25) is 0 Å². The molecule has 0 fully saturated rings. The first kappa shape index (κ1) is 20.5. The molecule has 3 aromatic carbocycles. The Morgan fingerprint density at radius 3 is 2.21 bits per heavy atom. The van der Waals surface area contributed by atoms with Crippen LogP contribution in [0.15, 0.2) is 59.8 Å². The Morgan fingerprint density at radius 1 is 1.00 bits per heavy atom. The first-order chi connectivity index (χ1) is 13.6. The summed E-state index contributed by atoms with van der Waals surface area (Å²) < 4.78 is 40.7. The van der Waals surface area contributed by atoms with Gasteiger partial charge in [-0.15, -0.1) is 0 Å². The van der Waals surface area contributed by atoms with Crippen molar-refractivity contribution in [2.24, 2.45) is 10.9 Å². The van der Waals surface area contributed by atoms with Crippen LogP contribution in [-0.2, 0) is 6.18 Å². The van der Waals surface area contributed by atoms with Crippen LogP contribution in [0.2, 0.25) is 5.02 Å². The van der Waals surface area contributed by atoms with Crippen molar-refractivity contribution in [3.63, 3.8) is 0 Å². The normalized spacial score (nSPS) is 12.2. The van der Waals surface area contributed by atoms with Gasteiger partial charge in [-0.3, -0.25) is 0 Å². The maximum absolute atomic E-state index is 13.6. The zero-order valence-electron chi connectivity index (χ0n) is 15.1. The minimum atomic E-state index is -4.65. The van der Waals surface area contributed by atoms with Gasteiger partial charge in [0.25, 0.3) is 0 Å². The van der Waals surface area contributed by atoms with Gasteiger partial charge in [0.15, 0.2) is 5.84 Å².